The van der Waals surface area contributed by atoms with E-state index in [1.54, 1.807) is 28.8 Å². The minimum absolute atomic E-state index is 0.0529. The fourth-order valence-corrected chi connectivity index (χ4v) is 6.20. The number of carbonyl (C=O) groups is 1. The van der Waals surface area contributed by atoms with Crippen molar-refractivity contribution in [3.8, 4) is 5.75 Å². The van der Waals surface area contributed by atoms with E-state index in [0.29, 0.717) is 16.6 Å². The number of aromatic hydroxyl groups is 1. The maximum atomic E-state index is 13.4. The van der Waals surface area contributed by atoms with Gasteiger partial charge in [-0.1, -0.05) is 43.8 Å². The highest BCUT2D eigenvalue weighted by Crippen LogP contribution is 2.50. The van der Waals surface area contributed by atoms with Crippen LogP contribution >= 0.6 is 23.5 Å². The zero-order valence-corrected chi connectivity index (χ0v) is 20.4. The predicted octanol–water partition coefficient (Wildman–Crippen LogP) is 6.37. The summed E-state index contributed by atoms with van der Waals surface area (Å²) < 4.78 is 0. The van der Waals surface area contributed by atoms with Crippen molar-refractivity contribution < 1.29 is 9.90 Å². The lowest BCUT2D eigenvalue weighted by Crippen LogP contribution is -2.30. The van der Waals surface area contributed by atoms with Gasteiger partial charge in [-0.25, -0.2) is 4.99 Å². The number of aliphatic imine (C=N–C) groups is 1. The molecule has 0 aromatic heterocycles. The maximum absolute atomic E-state index is 13.4. The topological polar surface area (TPSA) is 56.1 Å². The Morgan fingerprint density at radius 2 is 1.94 bits per heavy atom. The lowest BCUT2D eigenvalue weighted by molar-refractivity contribution is -0.121. The van der Waals surface area contributed by atoms with Crippen molar-refractivity contribution >= 4 is 46.0 Å². The molecule has 2 heterocycles. The number of phenolic OH excluding ortho intramolecular Hbond substituents is 1. The van der Waals surface area contributed by atoms with Crippen LogP contribution in [0.1, 0.15) is 37.8 Å². The number of nitrogens with zero attached hydrogens (tertiary/aromatic N) is 3. The Balaban J connectivity index is 1.79. The molecule has 2 aromatic rings. The molecule has 5 nitrogen and oxygen atoms in total. The van der Waals surface area contributed by atoms with Gasteiger partial charge in [-0.05, 0) is 66.9 Å². The molecule has 0 aliphatic carbocycles. The van der Waals surface area contributed by atoms with Crippen LogP contribution in [0.4, 0.5) is 11.4 Å². The summed E-state index contributed by atoms with van der Waals surface area (Å²) >= 11 is 3.04. The molecule has 1 N–H and O–H groups in total. The predicted molar refractivity (Wildman–Crippen MR) is 136 cm³/mol. The van der Waals surface area contributed by atoms with E-state index in [9.17, 15) is 9.90 Å². The van der Waals surface area contributed by atoms with Crippen LogP contribution in [0.3, 0.4) is 0 Å². The van der Waals surface area contributed by atoms with Crippen molar-refractivity contribution in [1.82, 2.24) is 4.90 Å². The average molecular weight is 466 g/mol. The molecule has 0 radical (unpaired) electrons. The molecule has 166 valence electrons. The summed E-state index contributed by atoms with van der Waals surface area (Å²) in [6, 6.07) is 11.9. The van der Waals surface area contributed by atoms with Crippen molar-refractivity contribution in [2.24, 2.45) is 4.99 Å². The van der Waals surface area contributed by atoms with Crippen molar-refractivity contribution in [2.75, 3.05) is 18.0 Å². The van der Waals surface area contributed by atoms with Crippen LogP contribution < -0.4 is 4.90 Å². The van der Waals surface area contributed by atoms with Crippen LogP contribution in [0.5, 0.6) is 5.75 Å². The van der Waals surface area contributed by atoms with E-state index in [2.05, 4.69) is 30.5 Å². The Morgan fingerprint density at radius 1 is 1.19 bits per heavy atom. The van der Waals surface area contributed by atoms with Gasteiger partial charge in [0.05, 0.1) is 11.4 Å². The first-order valence-electron chi connectivity index (χ1n) is 10.7. The van der Waals surface area contributed by atoms with Gasteiger partial charge in [-0.2, -0.15) is 0 Å². The number of rotatable bonds is 5. The Labute approximate surface area is 197 Å². The summed E-state index contributed by atoms with van der Waals surface area (Å²) in [5, 5.41) is 11.9. The highest BCUT2D eigenvalue weighted by Gasteiger charge is 2.39. The summed E-state index contributed by atoms with van der Waals surface area (Å²) in [5.74, 6) is 0.393. The Morgan fingerprint density at radius 3 is 2.62 bits per heavy atom. The van der Waals surface area contributed by atoms with Crippen LogP contribution in [0, 0.1) is 6.92 Å². The number of thioether (sulfide) groups is 2. The van der Waals surface area contributed by atoms with Gasteiger partial charge in [0.15, 0.2) is 5.17 Å². The zero-order chi connectivity index (χ0) is 23.0. The van der Waals surface area contributed by atoms with Gasteiger partial charge in [0, 0.05) is 18.0 Å². The zero-order valence-electron chi connectivity index (χ0n) is 18.8. The van der Waals surface area contributed by atoms with Crippen molar-refractivity contribution in [1.29, 1.82) is 0 Å². The molecule has 2 aromatic carbocycles. The molecule has 0 saturated carbocycles. The molecule has 0 bridgehead atoms. The number of phenols is 1. The van der Waals surface area contributed by atoms with Crippen LogP contribution in [-0.4, -0.2) is 34.2 Å². The second-order valence-corrected chi connectivity index (χ2v) is 10.0. The number of hydrogen-bond donors (Lipinski definition) is 1. The van der Waals surface area contributed by atoms with E-state index in [1.165, 1.54) is 11.8 Å². The third-order valence-electron chi connectivity index (χ3n) is 5.48. The quantitative estimate of drug-likeness (QED) is 0.410. The molecule has 2 aliphatic heterocycles. The standard InChI is InChI=1S/C25H27N3O2S2/c1-6-12-28-23(30)22(24-27(7-2)19-10-8-9-11-21(19)31-24)32-25(28)26-18-14-17(15(3)4)20(29)13-16(18)5/h6,8-11,13-15,29H,1,7,12H2,2-5H3/b24-22+,26-25?. The third-order valence-corrected chi connectivity index (χ3v) is 7.86. The first-order chi connectivity index (χ1) is 15.3. The molecule has 0 spiro atoms. The summed E-state index contributed by atoms with van der Waals surface area (Å²) in [4.78, 5) is 24.0. The van der Waals surface area contributed by atoms with E-state index in [4.69, 9.17) is 4.99 Å². The second-order valence-electron chi connectivity index (χ2n) is 8.00. The molecule has 7 heteroatoms. The van der Waals surface area contributed by atoms with Gasteiger partial charge in [0.2, 0.25) is 0 Å². The largest absolute Gasteiger partial charge is 0.508 e. The molecule has 2 aliphatic rings. The number of anilines is 1. The van der Waals surface area contributed by atoms with Crippen molar-refractivity contribution in [3.05, 3.63) is 70.1 Å². The molecule has 1 saturated heterocycles. The summed E-state index contributed by atoms with van der Waals surface area (Å²) in [5.41, 5.74) is 3.60. The first-order valence-corrected chi connectivity index (χ1v) is 12.3. The Kier molecular flexibility index (Phi) is 6.40. The summed E-state index contributed by atoms with van der Waals surface area (Å²) in [7, 11) is 0. The van der Waals surface area contributed by atoms with Gasteiger partial charge >= 0.3 is 0 Å². The van der Waals surface area contributed by atoms with Gasteiger partial charge < -0.3 is 10.0 Å². The fourth-order valence-electron chi connectivity index (χ4n) is 3.81. The molecule has 0 unspecified atom stereocenters. The number of fused-ring (bicyclic) bond motifs is 1. The summed E-state index contributed by atoms with van der Waals surface area (Å²) in [6.45, 7) is 13.1. The Hall–Kier alpha value is -2.64. The van der Waals surface area contributed by atoms with Gasteiger partial charge in [-0.3, -0.25) is 9.69 Å². The van der Waals surface area contributed by atoms with E-state index in [1.807, 2.05) is 39.0 Å². The molecule has 1 fully saturated rings. The second kappa shape index (κ2) is 9.08. The lowest BCUT2D eigenvalue weighted by Gasteiger charge is -2.19. The number of carbonyl (C=O) groups excluding carboxylic acids is 1. The molecular formula is C25H27N3O2S2. The molecule has 1 amide bonds. The number of aryl methyl sites for hydroxylation is 1. The molecule has 4 rings (SSSR count). The van der Waals surface area contributed by atoms with Crippen LogP contribution in [0.2, 0.25) is 0 Å². The van der Waals surface area contributed by atoms with Gasteiger partial charge in [0.25, 0.3) is 5.91 Å². The average Bonchev–Trinajstić information content (AvgIpc) is 3.27. The Bertz CT molecular complexity index is 1150. The number of hydrogen-bond acceptors (Lipinski definition) is 6. The maximum Gasteiger partial charge on any atom is 0.269 e. The molecule has 32 heavy (non-hydrogen) atoms. The van der Waals surface area contributed by atoms with E-state index in [0.717, 1.165) is 39.0 Å². The first kappa shape index (κ1) is 22.6. The van der Waals surface area contributed by atoms with E-state index < -0.39 is 0 Å². The smallest absolute Gasteiger partial charge is 0.269 e. The fraction of sp³-hybridized carbons (Fsp3) is 0.280. The lowest BCUT2D eigenvalue weighted by atomic mass is 9.99. The number of amides is 1. The highest BCUT2D eigenvalue weighted by molar-refractivity contribution is 8.19. The van der Waals surface area contributed by atoms with E-state index in [-0.39, 0.29) is 17.6 Å². The van der Waals surface area contributed by atoms with Crippen LogP contribution in [0.25, 0.3) is 0 Å². The number of para-hydroxylation sites is 1. The van der Waals surface area contributed by atoms with Gasteiger partial charge in [0.1, 0.15) is 15.7 Å². The SMILES string of the molecule is C=CCN1C(=O)/C(=C2\Sc3ccccc3N2CC)SC1=Nc1cc(C(C)C)c(O)cc1C. The van der Waals surface area contributed by atoms with Crippen LogP contribution in [0.15, 0.2) is 68.9 Å². The monoisotopic (exact) mass is 465 g/mol. The minimum atomic E-state index is -0.0529. The molecular weight excluding hydrogens is 438 g/mol. The van der Waals surface area contributed by atoms with Crippen molar-refractivity contribution in [3.63, 3.8) is 0 Å². The normalized spacial score (nSPS) is 19.4. The number of amidine groups is 1. The third kappa shape index (κ3) is 3.95. The number of benzene rings is 2. The highest BCUT2D eigenvalue weighted by atomic mass is 32.2. The van der Waals surface area contributed by atoms with Crippen LogP contribution in [-0.2, 0) is 4.79 Å². The summed E-state index contributed by atoms with van der Waals surface area (Å²) in [6.07, 6.45) is 1.72. The van der Waals surface area contributed by atoms with E-state index >= 15 is 0 Å². The van der Waals surface area contributed by atoms with Crippen molar-refractivity contribution in [2.45, 2.75) is 38.5 Å². The van der Waals surface area contributed by atoms with Gasteiger partial charge in [-0.15, -0.1) is 6.58 Å². The molecule has 0 atom stereocenters. The minimum Gasteiger partial charge on any atom is -0.508 e.